The molecule has 0 saturated carbocycles. The van der Waals surface area contributed by atoms with Crippen LogP contribution in [0.4, 0.5) is 5.82 Å². The molecule has 0 aliphatic carbocycles. The Hall–Kier alpha value is -2.41. The van der Waals surface area contributed by atoms with E-state index < -0.39 is 11.4 Å². The number of hydrogen-bond donors (Lipinski definition) is 3. The Morgan fingerprint density at radius 2 is 2.24 bits per heavy atom. The SMILES string of the molecule is CN(N)c1ccc2c(=O)c(C(=O)O)c[nH]c2n1. The molecule has 0 bridgehead atoms. The molecule has 7 heteroatoms. The molecule has 0 spiro atoms. The minimum absolute atomic E-state index is 0.218. The lowest BCUT2D eigenvalue weighted by Gasteiger charge is -2.10. The highest BCUT2D eigenvalue weighted by atomic mass is 16.4. The quantitative estimate of drug-likeness (QED) is 0.495. The average molecular weight is 234 g/mol. The van der Waals surface area contributed by atoms with Gasteiger partial charge in [0.25, 0.3) is 0 Å². The fourth-order valence-electron chi connectivity index (χ4n) is 1.45. The first kappa shape index (κ1) is 11.1. The first-order valence-corrected chi connectivity index (χ1v) is 4.75. The van der Waals surface area contributed by atoms with Gasteiger partial charge in [0, 0.05) is 13.2 Å². The second-order valence-corrected chi connectivity index (χ2v) is 3.51. The van der Waals surface area contributed by atoms with Crippen molar-refractivity contribution in [2.75, 3.05) is 12.1 Å². The minimum atomic E-state index is -1.27. The molecule has 7 nitrogen and oxygen atoms in total. The van der Waals surface area contributed by atoms with Crippen molar-refractivity contribution in [2.45, 2.75) is 0 Å². The van der Waals surface area contributed by atoms with Crippen LogP contribution in [0.5, 0.6) is 0 Å². The molecular weight excluding hydrogens is 224 g/mol. The van der Waals surface area contributed by atoms with E-state index in [0.717, 1.165) is 6.20 Å². The van der Waals surface area contributed by atoms with E-state index in [1.54, 1.807) is 13.1 Å². The zero-order valence-corrected chi connectivity index (χ0v) is 8.97. The van der Waals surface area contributed by atoms with Gasteiger partial charge in [-0.25, -0.2) is 15.6 Å². The maximum absolute atomic E-state index is 11.8. The minimum Gasteiger partial charge on any atom is -0.477 e. The Balaban J connectivity index is 2.73. The number of hydrogen-bond acceptors (Lipinski definition) is 5. The van der Waals surface area contributed by atoms with Crippen LogP contribution < -0.4 is 16.3 Å². The summed E-state index contributed by atoms with van der Waals surface area (Å²) in [4.78, 5) is 29.3. The van der Waals surface area contributed by atoms with Crippen molar-refractivity contribution in [1.82, 2.24) is 9.97 Å². The van der Waals surface area contributed by atoms with Gasteiger partial charge in [0.1, 0.15) is 17.0 Å². The summed E-state index contributed by atoms with van der Waals surface area (Å²) in [5.41, 5.74) is -0.576. The molecule has 17 heavy (non-hydrogen) atoms. The number of rotatable bonds is 2. The molecule has 0 fully saturated rings. The number of anilines is 1. The Bertz CT molecular complexity index is 648. The van der Waals surface area contributed by atoms with Crippen LogP contribution in [0.15, 0.2) is 23.1 Å². The molecule has 2 aromatic heterocycles. The number of aromatic carboxylic acids is 1. The molecule has 0 saturated heterocycles. The van der Waals surface area contributed by atoms with E-state index >= 15 is 0 Å². The van der Waals surface area contributed by atoms with Gasteiger partial charge in [-0.15, -0.1) is 0 Å². The maximum Gasteiger partial charge on any atom is 0.341 e. The lowest BCUT2D eigenvalue weighted by molar-refractivity contribution is 0.0695. The topological polar surface area (TPSA) is 112 Å². The van der Waals surface area contributed by atoms with Gasteiger partial charge in [0.15, 0.2) is 0 Å². The van der Waals surface area contributed by atoms with E-state index in [9.17, 15) is 9.59 Å². The summed E-state index contributed by atoms with van der Waals surface area (Å²) in [6.45, 7) is 0. The van der Waals surface area contributed by atoms with Gasteiger partial charge in [0.05, 0.1) is 5.39 Å². The summed E-state index contributed by atoms with van der Waals surface area (Å²) in [6, 6.07) is 3.04. The fraction of sp³-hybridized carbons (Fsp3) is 0.100. The van der Waals surface area contributed by atoms with Crippen molar-refractivity contribution in [1.29, 1.82) is 0 Å². The van der Waals surface area contributed by atoms with E-state index in [-0.39, 0.29) is 10.9 Å². The average Bonchev–Trinajstić information content (AvgIpc) is 2.28. The summed E-state index contributed by atoms with van der Waals surface area (Å²) in [5, 5.41) is 10.3. The summed E-state index contributed by atoms with van der Waals surface area (Å²) >= 11 is 0. The van der Waals surface area contributed by atoms with Gasteiger partial charge < -0.3 is 10.1 Å². The molecule has 0 atom stereocenters. The highest BCUT2D eigenvalue weighted by molar-refractivity contribution is 5.91. The van der Waals surface area contributed by atoms with E-state index in [1.807, 2.05) is 0 Å². The lowest BCUT2D eigenvalue weighted by Crippen LogP contribution is -2.26. The van der Waals surface area contributed by atoms with E-state index in [1.165, 1.54) is 11.1 Å². The van der Waals surface area contributed by atoms with Crippen LogP contribution in [0.25, 0.3) is 11.0 Å². The third-order valence-electron chi connectivity index (χ3n) is 2.31. The standard InChI is InChI=1S/C10H10N4O3/c1-14(11)7-3-2-5-8(15)6(10(16)17)4-12-9(5)13-7/h2-4H,11H2,1H3,(H,16,17)(H,12,13,15). The number of carbonyl (C=O) groups is 1. The zero-order chi connectivity index (χ0) is 12.6. The van der Waals surface area contributed by atoms with Crippen LogP contribution in [0.1, 0.15) is 10.4 Å². The summed E-state index contributed by atoms with van der Waals surface area (Å²) < 4.78 is 0. The molecule has 88 valence electrons. The second kappa shape index (κ2) is 3.87. The number of carboxylic acid groups (broad SMARTS) is 1. The number of aromatic amines is 1. The van der Waals surface area contributed by atoms with Crippen molar-refractivity contribution >= 4 is 22.8 Å². The Kier molecular flexibility index (Phi) is 2.52. The highest BCUT2D eigenvalue weighted by Crippen LogP contribution is 2.11. The largest absolute Gasteiger partial charge is 0.477 e. The van der Waals surface area contributed by atoms with Crippen molar-refractivity contribution in [2.24, 2.45) is 5.84 Å². The summed E-state index contributed by atoms with van der Waals surface area (Å²) in [7, 11) is 1.61. The van der Waals surface area contributed by atoms with E-state index in [2.05, 4.69) is 9.97 Å². The molecule has 0 radical (unpaired) electrons. The third kappa shape index (κ3) is 1.83. The number of pyridine rings is 2. The molecule has 0 aliphatic rings. The first-order chi connectivity index (χ1) is 8.00. The van der Waals surface area contributed by atoms with Crippen LogP contribution in [0, 0.1) is 0 Å². The summed E-state index contributed by atoms with van der Waals surface area (Å²) in [6.07, 6.45) is 1.13. The molecule has 2 aromatic rings. The van der Waals surface area contributed by atoms with Crippen LogP contribution in [-0.4, -0.2) is 28.1 Å². The van der Waals surface area contributed by atoms with E-state index in [0.29, 0.717) is 11.5 Å². The highest BCUT2D eigenvalue weighted by Gasteiger charge is 2.12. The van der Waals surface area contributed by atoms with E-state index in [4.69, 9.17) is 10.9 Å². The summed E-state index contributed by atoms with van der Waals surface area (Å²) in [5.74, 6) is 4.70. The van der Waals surface area contributed by atoms with Gasteiger partial charge in [-0.3, -0.25) is 9.80 Å². The van der Waals surface area contributed by atoms with Crippen molar-refractivity contribution < 1.29 is 9.90 Å². The number of fused-ring (bicyclic) bond motifs is 1. The van der Waals surface area contributed by atoms with Crippen molar-refractivity contribution in [3.05, 3.63) is 34.1 Å². The molecule has 0 aromatic carbocycles. The van der Waals surface area contributed by atoms with Gasteiger partial charge in [-0.1, -0.05) is 0 Å². The van der Waals surface area contributed by atoms with Gasteiger partial charge in [0.2, 0.25) is 5.43 Å². The second-order valence-electron chi connectivity index (χ2n) is 3.51. The normalized spacial score (nSPS) is 10.5. The van der Waals surface area contributed by atoms with Crippen LogP contribution in [0.2, 0.25) is 0 Å². The Morgan fingerprint density at radius 1 is 1.53 bits per heavy atom. The molecule has 0 aliphatic heterocycles. The number of aromatic nitrogens is 2. The van der Waals surface area contributed by atoms with Gasteiger partial charge >= 0.3 is 5.97 Å². The third-order valence-corrected chi connectivity index (χ3v) is 2.31. The number of H-pyrrole nitrogens is 1. The molecule has 2 heterocycles. The number of nitrogens with zero attached hydrogens (tertiary/aromatic N) is 2. The Labute approximate surface area is 95.5 Å². The van der Waals surface area contributed by atoms with Crippen LogP contribution >= 0.6 is 0 Å². The molecule has 0 unspecified atom stereocenters. The number of nitrogens with two attached hydrogens (primary N) is 1. The number of hydrazine groups is 1. The molecule has 2 rings (SSSR count). The lowest BCUT2D eigenvalue weighted by atomic mass is 10.2. The Morgan fingerprint density at radius 3 is 2.82 bits per heavy atom. The van der Waals surface area contributed by atoms with Crippen molar-refractivity contribution in [3.63, 3.8) is 0 Å². The van der Waals surface area contributed by atoms with Crippen LogP contribution in [-0.2, 0) is 0 Å². The van der Waals surface area contributed by atoms with Gasteiger partial charge in [-0.2, -0.15) is 0 Å². The molecule has 4 N–H and O–H groups in total. The fourth-order valence-corrected chi connectivity index (χ4v) is 1.45. The molecular formula is C10H10N4O3. The zero-order valence-electron chi connectivity index (χ0n) is 8.97. The predicted octanol–water partition coefficient (Wildman–Crippen LogP) is -0.0688. The number of carboxylic acids is 1. The first-order valence-electron chi connectivity index (χ1n) is 4.75. The van der Waals surface area contributed by atoms with Gasteiger partial charge in [-0.05, 0) is 12.1 Å². The van der Waals surface area contributed by atoms with Crippen molar-refractivity contribution in [3.8, 4) is 0 Å². The monoisotopic (exact) mass is 234 g/mol. The number of nitrogens with one attached hydrogen (secondary N) is 1. The maximum atomic E-state index is 11.8. The smallest absolute Gasteiger partial charge is 0.341 e. The predicted molar refractivity (Wildman–Crippen MR) is 61.9 cm³/mol. The van der Waals surface area contributed by atoms with Crippen LogP contribution in [0.3, 0.4) is 0 Å². The molecule has 0 amide bonds.